The fourth-order valence-electron chi connectivity index (χ4n) is 3.92. The van der Waals surface area contributed by atoms with Crippen LogP contribution in [-0.2, 0) is 0 Å². The van der Waals surface area contributed by atoms with Crippen LogP contribution in [-0.4, -0.2) is 51.9 Å². The van der Waals surface area contributed by atoms with Gasteiger partial charge in [-0.15, -0.1) is 0 Å². The van der Waals surface area contributed by atoms with Gasteiger partial charge in [-0.1, -0.05) is 12.1 Å². The van der Waals surface area contributed by atoms with Gasteiger partial charge in [-0.25, -0.2) is 9.37 Å². The van der Waals surface area contributed by atoms with Gasteiger partial charge in [0.2, 0.25) is 0 Å². The Bertz CT molecular complexity index is 1270. The van der Waals surface area contributed by atoms with Crippen molar-refractivity contribution in [1.82, 2.24) is 19.9 Å². The number of para-hydroxylation sites is 2. The highest BCUT2D eigenvalue weighted by Crippen LogP contribution is 2.23. The topological polar surface area (TPSA) is 62.2 Å². The van der Waals surface area contributed by atoms with Gasteiger partial charge in [-0.3, -0.25) is 14.8 Å². The zero-order valence-electron chi connectivity index (χ0n) is 16.5. The molecule has 150 valence electrons. The lowest BCUT2D eigenvalue weighted by molar-refractivity contribution is 0.0748. The van der Waals surface area contributed by atoms with Gasteiger partial charge >= 0.3 is 0 Å². The monoisotopic (exact) mass is 401 g/mol. The molecule has 1 amide bonds. The van der Waals surface area contributed by atoms with Crippen LogP contribution in [0, 0.1) is 12.7 Å². The summed E-state index contributed by atoms with van der Waals surface area (Å²) < 4.78 is 13.8. The summed E-state index contributed by atoms with van der Waals surface area (Å²) >= 11 is 0. The second-order valence-electron chi connectivity index (χ2n) is 7.47. The Hall–Kier alpha value is -3.61. The van der Waals surface area contributed by atoms with Crippen molar-refractivity contribution in [3.8, 4) is 0 Å². The van der Waals surface area contributed by atoms with E-state index in [0.717, 1.165) is 22.5 Å². The molecule has 5 rings (SSSR count). The van der Waals surface area contributed by atoms with Gasteiger partial charge in [0.1, 0.15) is 11.6 Å². The molecule has 0 unspecified atom stereocenters. The minimum Gasteiger partial charge on any atom is -0.352 e. The van der Waals surface area contributed by atoms with E-state index < -0.39 is 0 Å². The Morgan fingerprint density at radius 3 is 2.50 bits per heavy atom. The number of hydrogen-bond acceptors (Lipinski definition) is 5. The second kappa shape index (κ2) is 7.33. The van der Waals surface area contributed by atoms with Gasteiger partial charge in [0.15, 0.2) is 0 Å². The molecule has 1 aliphatic heterocycles. The third kappa shape index (κ3) is 3.32. The summed E-state index contributed by atoms with van der Waals surface area (Å²) in [6.07, 6.45) is 1.78. The Kier molecular flexibility index (Phi) is 4.50. The molecule has 2 aromatic heterocycles. The maximum atomic E-state index is 13.8. The number of fused-ring (bicyclic) bond motifs is 2. The molecule has 1 saturated heterocycles. The summed E-state index contributed by atoms with van der Waals surface area (Å²) in [6.45, 7) is 4.29. The van der Waals surface area contributed by atoms with Crippen LogP contribution in [0.25, 0.3) is 21.9 Å². The first-order valence-corrected chi connectivity index (χ1v) is 9.91. The molecule has 2 aromatic carbocycles. The molecule has 0 bridgehead atoms. The van der Waals surface area contributed by atoms with Crippen LogP contribution in [0.5, 0.6) is 0 Å². The van der Waals surface area contributed by atoms with Crippen LogP contribution in [0.1, 0.15) is 16.1 Å². The average molecular weight is 401 g/mol. The summed E-state index contributed by atoms with van der Waals surface area (Å²) in [5, 5.41) is 0.549. The fourth-order valence-corrected chi connectivity index (χ4v) is 3.92. The highest BCUT2D eigenvalue weighted by atomic mass is 19.1. The molecule has 0 spiro atoms. The van der Waals surface area contributed by atoms with Crippen LogP contribution in [0.15, 0.2) is 54.7 Å². The SMILES string of the molecule is Cc1cc(C(=O)N2CCN(c3cnc4ccccc4n3)CC2)c2cc(F)ccc2n1. The summed E-state index contributed by atoms with van der Waals surface area (Å²) in [7, 11) is 0. The summed E-state index contributed by atoms with van der Waals surface area (Å²) in [5.74, 6) is 0.343. The Morgan fingerprint density at radius 1 is 0.933 bits per heavy atom. The molecule has 3 heterocycles. The van der Waals surface area contributed by atoms with Crippen molar-refractivity contribution in [2.45, 2.75) is 6.92 Å². The number of anilines is 1. The van der Waals surface area contributed by atoms with Crippen molar-refractivity contribution < 1.29 is 9.18 Å². The summed E-state index contributed by atoms with van der Waals surface area (Å²) in [4.78, 5) is 30.8. The van der Waals surface area contributed by atoms with Crippen molar-refractivity contribution in [2.75, 3.05) is 31.1 Å². The van der Waals surface area contributed by atoms with Crippen LogP contribution in [0.3, 0.4) is 0 Å². The highest BCUT2D eigenvalue weighted by molar-refractivity contribution is 6.06. The van der Waals surface area contributed by atoms with Crippen LogP contribution >= 0.6 is 0 Å². The second-order valence-corrected chi connectivity index (χ2v) is 7.47. The van der Waals surface area contributed by atoms with E-state index in [1.165, 1.54) is 12.1 Å². The zero-order valence-corrected chi connectivity index (χ0v) is 16.5. The highest BCUT2D eigenvalue weighted by Gasteiger charge is 2.25. The smallest absolute Gasteiger partial charge is 0.254 e. The van der Waals surface area contributed by atoms with E-state index in [1.807, 2.05) is 36.1 Å². The predicted molar refractivity (Wildman–Crippen MR) is 114 cm³/mol. The Morgan fingerprint density at radius 2 is 1.70 bits per heavy atom. The molecule has 4 aromatic rings. The number of benzene rings is 2. The fraction of sp³-hybridized carbons (Fsp3) is 0.217. The first-order chi connectivity index (χ1) is 14.6. The largest absolute Gasteiger partial charge is 0.352 e. The summed E-state index contributed by atoms with van der Waals surface area (Å²) in [6, 6.07) is 13.9. The van der Waals surface area contributed by atoms with Crippen molar-refractivity contribution in [3.05, 3.63) is 71.8 Å². The molecular formula is C23H20FN5O. The van der Waals surface area contributed by atoms with Gasteiger partial charge < -0.3 is 9.80 Å². The van der Waals surface area contributed by atoms with Crippen molar-refractivity contribution in [3.63, 3.8) is 0 Å². The molecule has 0 saturated carbocycles. The lowest BCUT2D eigenvalue weighted by Crippen LogP contribution is -2.49. The number of piperazine rings is 1. The minimum absolute atomic E-state index is 0.0969. The molecular weight excluding hydrogens is 381 g/mol. The van der Waals surface area contributed by atoms with E-state index >= 15 is 0 Å². The molecule has 1 fully saturated rings. The Labute approximate surface area is 173 Å². The molecule has 6 nitrogen and oxygen atoms in total. The minimum atomic E-state index is -0.373. The number of carbonyl (C=O) groups is 1. The van der Waals surface area contributed by atoms with Crippen LogP contribution in [0.2, 0.25) is 0 Å². The molecule has 0 atom stereocenters. The van der Waals surface area contributed by atoms with Crippen molar-refractivity contribution in [2.24, 2.45) is 0 Å². The van der Waals surface area contributed by atoms with E-state index in [0.29, 0.717) is 42.6 Å². The number of rotatable bonds is 2. The van der Waals surface area contributed by atoms with Gasteiger partial charge in [0, 0.05) is 37.3 Å². The number of nitrogens with zero attached hydrogens (tertiary/aromatic N) is 5. The third-order valence-electron chi connectivity index (χ3n) is 5.46. The maximum Gasteiger partial charge on any atom is 0.254 e. The maximum absolute atomic E-state index is 13.8. The number of carbonyl (C=O) groups excluding carboxylic acids is 1. The molecule has 0 aliphatic carbocycles. The van der Waals surface area contributed by atoms with Crippen LogP contribution in [0.4, 0.5) is 10.2 Å². The van der Waals surface area contributed by atoms with E-state index in [9.17, 15) is 9.18 Å². The predicted octanol–water partition coefficient (Wildman–Crippen LogP) is 3.59. The number of amides is 1. The van der Waals surface area contributed by atoms with Gasteiger partial charge in [0.25, 0.3) is 5.91 Å². The van der Waals surface area contributed by atoms with Gasteiger partial charge in [-0.05, 0) is 43.3 Å². The standard InChI is InChI=1S/C23H20FN5O/c1-15-12-18(17-13-16(24)6-7-19(17)26-15)23(30)29-10-8-28(9-11-29)22-14-25-20-4-2-3-5-21(20)27-22/h2-7,12-14H,8-11H2,1H3. The van der Waals surface area contributed by atoms with E-state index in [4.69, 9.17) is 4.98 Å². The van der Waals surface area contributed by atoms with Crippen molar-refractivity contribution in [1.29, 1.82) is 0 Å². The van der Waals surface area contributed by atoms with Gasteiger partial charge in [0.05, 0.1) is 28.3 Å². The quantitative estimate of drug-likeness (QED) is 0.514. The van der Waals surface area contributed by atoms with E-state index in [-0.39, 0.29) is 11.7 Å². The number of hydrogen-bond donors (Lipinski definition) is 0. The van der Waals surface area contributed by atoms with Crippen molar-refractivity contribution >= 4 is 33.7 Å². The van der Waals surface area contributed by atoms with E-state index in [1.54, 1.807) is 18.3 Å². The number of aryl methyl sites for hydroxylation is 1. The van der Waals surface area contributed by atoms with Crippen LogP contribution < -0.4 is 4.90 Å². The zero-order chi connectivity index (χ0) is 20.7. The summed E-state index contributed by atoms with van der Waals surface area (Å²) in [5.41, 5.74) is 3.58. The number of halogens is 1. The van der Waals surface area contributed by atoms with Gasteiger partial charge in [-0.2, -0.15) is 0 Å². The lowest BCUT2D eigenvalue weighted by Gasteiger charge is -2.35. The normalized spacial score (nSPS) is 14.5. The Balaban J connectivity index is 1.37. The first kappa shape index (κ1) is 18.4. The lowest BCUT2D eigenvalue weighted by atomic mass is 10.1. The third-order valence-corrected chi connectivity index (χ3v) is 5.46. The average Bonchev–Trinajstić information content (AvgIpc) is 2.78. The molecule has 0 radical (unpaired) electrons. The molecule has 1 aliphatic rings. The first-order valence-electron chi connectivity index (χ1n) is 9.91. The number of aromatic nitrogens is 3. The molecule has 30 heavy (non-hydrogen) atoms. The van der Waals surface area contributed by atoms with E-state index in [2.05, 4.69) is 14.9 Å². The molecule has 7 heteroatoms. The molecule has 0 N–H and O–H groups in total. The number of pyridine rings is 1.